The zero-order valence-electron chi connectivity index (χ0n) is 12.6. The quantitative estimate of drug-likeness (QED) is 0.861. The molecule has 1 aromatic rings. The third-order valence-electron chi connectivity index (χ3n) is 3.20. The van der Waals surface area contributed by atoms with Gasteiger partial charge in [-0.05, 0) is 18.1 Å². The second-order valence-corrected chi connectivity index (χ2v) is 5.13. The second-order valence-electron chi connectivity index (χ2n) is 5.13. The molecule has 21 heavy (non-hydrogen) atoms. The number of carboxylic acid groups (broad SMARTS) is 1. The predicted molar refractivity (Wildman–Crippen MR) is 79.3 cm³/mol. The number of hydrogen-bond acceptors (Lipinski definition) is 3. The van der Waals surface area contributed by atoms with Crippen LogP contribution < -0.4 is 10.2 Å². The van der Waals surface area contributed by atoms with E-state index < -0.39 is 17.9 Å². The molecule has 0 saturated heterocycles. The Morgan fingerprint density at radius 2 is 1.76 bits per heavy atom. The molecule has 2 N–H and O–H groups in total. The first-order valence-electron chi connectivity index (χ1n) is 6.62. The van der Waals surface area contributed by atoms with Crippen molar-refractivity contribution in [3.8, 4) is 0 Å². The number of carbonyl (C=O) groups is 3. The van der Waals surface area contributed by atoms with E-state index in [1.165, 1.54) is 11.8 Å². The van der Waals surface area contributed by atoms with Crippen LogP contribution >= 0.6 is 0 Å². The third-order valence-corrected chi connectivity index (χ3v) is 3.20. The fourth-order valence-corrected chi connectivity index (χ4v) is 1.86. The van der Waals surface area contributed by atoms with Gasteiger partial charge in [0, 0.05) is 14.0 Å². The van der Waals surface area contributed by atoms with Crippen LogP contribution in [0.4, 0.5) is 5.69 Å². The lowest BCUT2D eigenvalue weighted by Gasteiger charge is -2.21. The van der Waals surface area contributed by atoms with Gasteiger partial charge in [-0.2, -0.15) is 0 Å². The van der Waals surface area contributed by atoms with Crippen molar-refractivity contribution in [3.63, 3.8) is 0 Å². The van der Waals surface area contributed by atoms with Gasteiger partial charge in [-0.25, -0.2) is 4.79 Å². The van der Waals surface area contributed by atoms with Crippen LogP contribution in [0.1, 0.15) is 31.1 Å². The number of carbonyl (C=O) groups excluding carboxylic acids is 2. The zero-order chi connectivity index (χ0) is 16.2. The van der Waals surface area contributed by atoms with Gasteiger partial charge in [-0.15, -0.1) is 0 Å². The van der Waals surface area contributed by atoms with Gasteiger partial charge in [0.1, 0.15) is 6.04 Å². The van der Waals surface area contributed by atoms with Gasteiger partial charge >= 0.3 is 5.97 Å². The molecule has 2 amide bonds. The molecule has 0 aromatic heterocycles. The minimum atomic E-state index is -1.09. The monoisotopic (exact) mass is 292 g/mol. The van der Waals surface area contributed by atoms with Crippen molar-refractivity contribution in [2.24, 2.45) is 5.92 Å². The van der Waals surface area contributed by atoms with E-state index in [2.05, 4.69) is 5.32 Å². The Morgan fingerprint density at radius 1 is 1.19 bits per heavy atom. The van der Waals surface area contributed by atoms with Gasteiger partial charge in [0.2, 0.25) is 5.91 Å². The number of hydrogen-bond donors (Lipinski definition) is 2. The van der Waals surface area contributed by atoms with Crippen LogP contribution in [-0.4, -0.2) is 36.0 Å². The Hall–Kier alpha value is -2.37. The average molecular weight is 292 g/mol. The Kier molecular flexibility index (Phi) is 5.46. The number of amides is 2. The smallest absolute Gasteiger partial charge is 0.326 e. The minimum Gasteiger partial charge on any atom is -0.480 e. The van der Waals surface area contributed by atoms with Crippen molar-refractivity contribution >= 4 is 23.5 Å². The molecular weight excluding hydrogens is 272 g/mol. The lowest BCUT2D eigenvalue weighted by atomic mass is 10.0. The molecule has 6 nitrogen and oxygen atoms in total. The van der Waals surface area contributed by atoms with E-state index >= 15 is 0 Å². The van der Waals surface area contributed by atoms with E-state index in [1.54, 1.807) is 45.2 Å². The van der Waals surface area contributed by atoms with Crippen molar-refractivity contribution < 1.29 is 19.5 Å². The van der Waals surface area contributed by atoms with E-state index in [0.29, 0.717) is 5.69 Å². The van der Waals surface area contributed by atoms with Gasteiger partial charge in [0.25, 0.3) is 5.91 Å². The highest BCUT2D eigenvalue weighted by Gasteiger charge is 2.25. The molecule has 0 heterocycles. The summed E-state index contributed by atoms with van der Waals surface area (Å²) in [5.41, 5.74) is 0.706. The largest absolute Gasteiger partial charge is 0.480 e. The molecule has 1 aromatic carbocycles. The Labute approximate surface area is 123 Å². The number of nitrogens with zero attached hydrogens (tertiary/aromatic N) is 1. The fourth-order valence-electron chi connectivity index (χ4n) is 1.86. The lowest BCUT2D eigenvalue weighted by Crippen LogP contribution is -2.44. The number of benzene rings is 1. The molecule has 1 unspecified atom stereocenters. The minimum absolute atomic E-state index is 0.214. The number of para-hydroxylation sites is 1. The summed E-state index contributed by atoms with van der Waals surface area (Å²) < 4.78 is 0. The summed E-state index contributed by atoms with van der Waals surface area (Å²) in [5.74, 6) is -2.06. The first-order valence-corrected chi connectivity index (χ1v) is 6.62. The van der Waals surface area contributed by atoms with Gasteiger partial charge in [0.15, 0.2) is 0 Å². The highest BCUT2D eigenvalue weighted by molar-refractivity contribution is 6.05. The number of nitrogens with one attached hydrogen (secondary N) is 1. The molecule has 0 bridgehead atoms. The van der Waals surface area contributed by atoms with Crippen molar-refractivity contribution in [1.29, 1.82) is 0 Å². The van der Waals surface area contributed by atoms with Crippen molar-refractivity contribution in [2.75, 3.05) is 11.9 Å². The summed E-state index contributed by atoms with van der Waals surface area (Å²) >= 11 is 0. The van der Waals surface area contributed by atoms with Crippen LogP contribution in [0.5, 0.6) is 0 Å². The molecule has 1 atom stereocenters. The molecule has 0 aliphatic rings. The Bertz CT molecular complexity index is 554. The summed E-state index contributed by atoms with van der Waals surface area (Å²) in [4.78, 5) is 36.3. The molecule has 1 rings (SSSR count). The van der Waals surface area contributed by atoms with Crippen LogP contribution in [0.3, 0.4) is 0 Å². The Morgan fingerprint density at radius 3 is 2.24 bits per heavy atom. The molecule has 0 aliphatic carbocycles. The Balaban J connectivity index is 3.08. The van der Waals surface area contributed by atoms with Crippen molar-refractivity contribution in [3.05, 3.63) is 29.8 Å². The van der Waals surface area contributed by atoms with Crippen LogP contribution in [0.25, 0.3) is 0 Å². The van der Waals surface area contributed by atoms with Crippen molar-refractivity contribution in [2.45, 2.75) is 26.8 Å². The summed E-state index contributed by atoms with van der Waals surface area (Å²) in [7, 11) is 1.56. The third kappa shape index (κ3) is 4.05. The van der Waals surface area contributed by atoms with Crippen LogP contribution in [0.2, 0.25) is 0 Å². The standard InChI is InChI=1S/C15H20N2O4/c1-9(2)13(15(20)21)16-14(19)11-7-5-6-8-12(11)17(4)10(3)18/h5-9,13H,1-4H3,(H,16,19)(H,20,21). The van der Waals surface area contributed by atoms with Gasteiger partial charge in [-0.1, -0.05) is 26.0 Å². The fraction of sp³-hybridized carbons (Fsp3) is 0.400. The zero-order valence-corrected chi connectivity index (χ0v) is 12.6. The maximum Gasteiger partial charge on any atom is 0.326 e. The summed E-state index contributed by atoms with van der Waals surface area (Å²) in [6.07, 6.45) is 0. The molecule has 6 heteroatoms. The van der Waals surface area contributed by atoms with E-state index in [4.69, 9.17) is 5.11 Å². The normalized spacial score (nSPS) is 11.9. The highest BCUT2D eigenvalue weighted by Crippen LogP contribution is 2.19. The summed E-state index contributed by atoms with van der Waals surface area (Å²) in [6, 6.07) is 5.60. The lowest BCUT2D eigenvalue weighted by molar-refractivity contribution is -0.140. The van der Waals surface area contributed by atoms with Crippen LogP contribution in [0.15, 0.2) is 24.3 Å². The molecule has 0 saturated carbocycles. The molecule has 0 fully saturated rings. The maximum absolute atomic E-state index is 12.3. The van der Waals surface area contributed by atoms with E-state index in [0.717, 1.165) is 0 Å². The number of rotatable bonds is 5. The molecule has 0 radical (unpaired) electrons. The number of carboxylic acids is 1. The first kappa shape index (κ1) is 16.7. The van der Waals surface area contributed by atoms with Crippen molar-refractivity contribution in [1.82, 2.24) is 5.32 Å². The van der Waals surface area contributed by atoms with Crippen LogP contribution in [-0.2, 0) is 9.59 Å². The molecule has 0 aliphatic heterocycles. The van der Waals surface area contributed by atoms with E-state index in [1.807, 2.05) is 0 Å². The molecule has 114 valence electrons. The van der Waals surface area contributed by atoms with Crippen LogP contribution in [0, 0.1) is 5.92 Å². The topological polar surface area (TPSA) is 86.7 Å². The van der Waals surface area contributed by atoms with Gasteiger partial charge in [-0.3, -0.25) is 9.59 Å². The SMILES string of the molecule is CC(=O)N(C)c1ccccc1C(=O)NC(C(=O)O)C(C)C. The summed E-state index contributed by atoms with van der Waals surface area (Å²) in [5, 5.41) is 11.6. The van der Waals surface area contributed by atoms with Gasteiger partial charge in [0.05, 0.1) is 11.3 Å². The predicted octanol–water partition coefficient (Wildman–Crippen LogP) is 1.51. The second kappa shape index (κ2) is 6.88. The highest BCUT2D eigenvalue weighted by atomic mass is 16.4. The van der Waals surface area contributed by atoms with E-state index in [9.17, 15) is 14.4 Å². The maximum atomic E-state index is 12.3. The average Bonchev–Trinajstić information content (AvgIpc) is 2.42. The number of aliphatic carboxylic acids is 1. The first-order chi connectivity index (χ1) is 9.75. The number of anilines is 1. The van der Waals surface area contributed by atoms with Gasteiger partial charge < -0.3 is 15.3 Å². The molecule has 0 spiro atoms. The summed E-state index contributed by atoms with van der Waals surface area (Å²) in [6.45, 7) is 4.82. The molecular formula is C15H20N2O4. The van der Waals surface area contributed by atoms with E-state index in [-0.39, 0.29) is 17.4 Å².